The Hall–Kier alpha value is -2.73. The average Bonchev–Trinajstić information content (AvgIpc) is 3.40. The smallest absolute Gasteiger partial charge is 0.269 e. The predicted octanol–water partition coefficient (Wildman–Crippen LogP) is 3.75. The van der Waals surface area contributed by atoms with Crippen LogP contribution < -0.4 is 5.48 Å². The molecule has 2 heterocycles. The monoisotopic (exact) mass is 350 g/mol. The van der Waals surface area contributed by atoms with Gasteiger partial charge in [-0.3, -0.25) is 9.63 Å². The minimum atomic E-state index is -0.265. The second kappa shape index (κ2) is 6.88. The van der Waals surface area contributed by atoms with E-state index in [1.165, 1.54) is 0 Å². The zero-order valence-electron chi connectivity index (χ0n) is 15.0. The van der Waals surface area contributed by atoms with E-state index < -0.39 is 0 Å². The van der Waals surface area contributed by atoms with Gasteiger partial charge in [-0.15, -0.1) is 0 Å². The van der Waals surface area contributed by atoms with E-state index in [2.05, 4.69) is 24.4 Å². The fourth-order valence-corrected chi connectivity index (χ4v) is 3.01. The molecule has 0 saturated heterocycles. The maximum Gasteiger partial charge on any atom is 0.275 e. The van der Waals surface area contributed by atoms with Gasteiger partial charge in [0.1, 0.15) is 0 Å². The van der Waals surface area contributed by atoms with Crippen molar-refractivity contribution in [1.29, 1.82) is 0 Å². The van der Waals surface area contributed by atoms with Crippen LogP contribution in [0.2, 0.25) is 0 Å². The summed E-state index contributed by atoms with van der Waals surface area (Å²) in [7, 11) is 0. The Balaban J connectivity index is 1.59. The summed E-state index contributed by atoms with van der Waals surface area (Å²) in [6.45, 7) is 4.43. The molecule has 0 spiro atoms. The van der Waals surface area contributed by atoms with E-state index in [1.54, 1.807) is 6.20 Å². The second-order valence-electron chi connectivity index (χ2n) is 6.99. The Morgan fingerprint density at radius 1 is 1.31 bits per heavy atom. The molecule has 0 bridgehead atoms. The summed E-state index contributed by atoms with van der Waals surface area (Å²) in [5.41, 5.74) is 5.85. The quantitative estimate of drug-likeness (QED) is 0.688. The summed E-state index contributed by atoms with van der Waals surface area (Å²) in [6, 6.07) is 11.8. The van der Waals surface area contributed by atoms with Crippen LogP contribution in [0.5, 0.6) is 0 Å². The number of carbonyl (C=O) groups excluding carboxylic acids is 1. The maximum atomic E-state index is 12.7. The van der Waals surface area contributed by atoms with Crippen LogP contribution in [0.1, 0.15) is 60.3 Å². The van der Waals surface area contributed by atoms with Crippen LogP contribution in [0.25, 0.3) is 11.0 Å². The lowest BCUT2D eigenvalue weighted by Crippen LogP contribution is -2.24. The van der Waals surface area contributed by atoms with E-state index >= 15 is 0 Å². The van der Waals surface area contributed by atoms with Crippen LogP contribution in [-0.4, -0.2) is 20.7 Å². The van der Waals surface area contributed by atoms with Crippen LogP contribution in [0.3, 0.4) is 0 Å². The molecule has 26 heavy (non-hydrogen) atoms. The molecule has 1 aromatic carbocycles. The number of amides is 1. The van der Waals surface area contributed by atoms with Crippen molar-refractivity contribution in [3.05, 3.63) is 59.4 Å². The molecule has 0 atom stereocenters. The molecule has 1 amide bonds. The van der Waals surface area contributed by atoms with Crippen molar-refractivity contribution < 1.29 is 9.63 Å². The van der Waals surface area contributed by atoms with Gasteiger partial charge in [-0.05, 0) is 38.3 Å². The molecular formula is C20H22N4O2. The highest BCUT2D eigenvalue weighted by molar-refractivity contribution is 6.05. The van der Waals surface area contributed by atoms with E-state index in [0.717, 1.165) is 35.1 Å². The third kappa shape index (κ3) is 3.32. The minimum absolute atomic E-state index is 0.180. The lowest BCUT2D eigenvalue weighted by Gasteiger charge is -2.10. The van der Waals surface area contributed by atoms with Crippen molar-refractivity contribution >= 4 is 16.9 Å². The van der Waals surface area contributed by atoms with Crippen molar-refractivity contribution in [2.24, 2.45) is 0 Å². The van der Waals surface area contributed by atoms with Gasteiger partial charge in [0.25, 0.3) is 5.91 Å². The average molecular weight is 350 g/mol. The normalized spacial score (nSPS) is 14.1. The van der Waals surface area contributed by atoms with Crippen molar-refractivity contribution in [2.45, 2.75) is 45.3 Å². The number of hydroxylamine groups is 1. The lowest BCUT2D eigenvalue weighted by atomic mass is 10.1. The number of benzene rings is 1. The number of fused-ring (bicyclic) bond motifs is 1. The van der Waals surface area contributed by atoms with Crippen molar-refractivity contribution in [1.82, 2.24) is 20.2 Å². The zero-order chi connectivity index (χ0) is 18.1. The molecule has 2 aromatic heterocycles. The fraction of sp³-hybridized carbons (Fsp3) is 0.350. The van der Waals surface area contributed by atoms with E-state index in [4.69, 9.17) is 9.82 Å². The van der Waals surface area contributed by atoms with E-state index in [1.807, 2.05) is 41.1 Å². The van der Waals surface area contributed by atoms with Crippen molar-refractivity contribution in [3.63, 3.8) is 0 Å². The highest BCUT2D eigenvalue weighted by Crippen LogP contribution is 2.40. The predicted molar refractivity (Wildman–Crippen MR) is 98.6 cm³/mol. The van der Waals surface area contributed by atoms with Gasteiger partial charge < -0.3 is 0 Å². The van der Waals surface area contributed by atoms with Crippen LogP contribution >= 0.6 is 0 Å². The maximum absolute atomic E-state index is 12.7. The first kappa shape index (κ1) is 16.7. The van der Waals surface area contributed by atoms with Crippen LogP contribution in [0.4, 0.5) is 0 Å². The molecule has 6 heteroatoms. The summed E-state index contributed by atoms with van der Waals surface area (Å²) >= 11 is 0. The number of hydrogen-bond donors (Lipinski definition) is 1. The number of nitrogens with one attached hydrogen (secondary N) is 1. The first-order valence-corrected chi connectivity index (χ1v) is 8.97. The largest absolute Gasteiger partial charge is 0.275 e. The number of pyridine rings is 1. The fourth-order valence-electron chi connectivity index (χ4n) is 3.01. The first-order chi connectivity index (χ1) is 12.6. The number of rotatable bonds is 6. The molecule has 1 fully saturated rings. The molecule has 4 rings (SSSR count). The van der Waals surface area contributed by atoms with E-state index in [9.17, 15) is 4.79 Å². The van der Waals surface area contributed by atoms with E-state index in [0.29, 0.717) is 18.1 Å². The molecule has 1 aliphatic carbocycles. The van der Waals surface area contributed by atoms with Gasteiger partial charge in [0, 0.05) is 17.7 Å². The van der Waals surface area contributed by atoms with Crippen LogP contribution in [-0.2, 0) is 11.4 Å². The summed E-state index contributed by atoms with van der Waals surface area (Å²) in [6.07, 6.45) is 3.96. The number of hydrogen-bond acceptors (Lipinski definition) is 4. The molecule has 1 aliphatic rings. The molecule has 1 N–H and O–H groups in total. The minimum Gasteiger partial charge on any atom is -0.269 e. The SMILES string of the molecule is CC(C)n1ncc2c(C(=O)NOCc3ccccc3)cc(C3CC3)nc21. The Morgan fingerprint density at radius 2 is 2.08 bits per heavy atom. The number of nitrogens with zero attached hydrogens (tertiary/aromatic N) is 3. The van der Waals surface area contributed by atoms with Gasteiger partial charge in [0.2, 0.25) is 0 Å². The van der Waals surface area contributed by atoms with Crippen molar-refractivity contribution in [3.8, 4) is 0 Å². The Kier molecular flexibility index (Phi) is 4.42. The molecule has 0 aliphatic heterocycles. The molecule has 0 radical (unpaired) electrons. The standard InChI is InChI=1S/C20H22N4O2/c1-13(2)24-19-17(11-21-24)16(10-18(22-19)15-8-9-15)20(25)23-26-12-14-6-4-3-5-7-14/h3-7,10-11,13,15H,8-9,12H2,1-2H3,(H,23,25). The Bertz CT molecular complexity index is 930. The van der Waals surface area contributed by atoms with E-state index in [-0.39, 0.29) is 11.9 Å². The van der Waals surface area contributed by atoms with Crippen LogP contribution in [0, 0.1) is 0 Å². The number of carbonyl (C=O) groups is 1. The van der Waals surface area contributed by atoms with Gasteiger partial charge in [-0.1, -0.05) is 30.3 Å². The van der Waals surface area contributed by atoms with Gasteiger partial charge in [-0.25, -0.2) is 15.1 Å². The summed E-state index contributed by atoms with van der Waals surface area (Å²) < 4.78 is 1.86. The molecule has 0 unspecified atom stereocenters. The third-order valence-corrected chi connectivity index (χ3v) is 4.56. The highest BCUT2D eigenvalue weighted by atomic mass is 16.6. The summed E-state index contributed by atoms with van der Waals surface area (Å²) in [4.78, 5) is 22.9. The Morgan fingerprint density at radius 3 is 2.77 bits per heavy atom. The van der Waals surface area contributed by atoms with Crippen molar-refractivity contribution in [2.75, 3.05) is 0 Å². The highest BCUT2D eigenvalue weighted by Gasteiger charge is 2.28. The molecule has 1 saturated carbocycles. The summed E-state index contributed by atoms with van der Waals surface area (Å²) in [5, 5.41) is 5.17. The second-order valence-corrected chi connectivity index (χ2v) is 6.99. The zero-order valence-corrected chi connectivity index (χ0v) is 15.0. The topological polar surface area (TPSA) is 69.0 Å². The third-order valence-electron chi connectivity index (χ3n) is 4.56. The van der Waals surface area contributed by atoms with Crippen LogP contribution in [0.15, 0.2) is 42.6 Å². The van der Waals surface area contributed by atoms with Gasteiger partial charge in [-0.2, -0.15) is 5.10 Å². The van der Waals surface area contributed by atoms with Gasteiger partial charge in [0.15, 0.2) is 5.65 Å². The van der Waals surface area contributed by atoms with Gasteiger partial charge in [0.05, 0.1) is 23.8 Å². The molecular weight excluding hydrogens is 328 g/mol. The summed E-state index contributed by atoms with van der Waals surface area (Å²) in [5.74, 6) is 0.185. The molecule has 6 nitrogen and oxygen atoms in total. The Labute approximate surface area is 152 Å². The lowest BCUT2D eigenvalue weighted by molar-refractivity contribution is 0.0235. The first-order valence-electron chi connectivity index (χ1n) is 8.97. The van der Waals surface area contributed by atoms with Gasteiger partial charge >= 0.3 is 0 Å². The molecule has 3 aromatic rings. The number of aromatic nitrogens is 3. The molecule has 134 valence electrons.